The van der Waals surface area contributed by atoms with Gasteiger partial charge in [0.25, 0.3) is 0 Å². The van der Waals surface area contributed by atoms with E-state index in [4.69, 9.17) is 9.84 Å². The van der Waals surface area contributed by atoms with Crippen molar-refractivity contribution in [1.29, 1.82) is 0 Å². The molecule has 0 saturated carbocycles. The molecule has 0 aromatic carbocycles. The molecular formula is C36H72N2O5. The lowest BCUT2D eigenvalue weighted by Crippen LogP contribution is -2.30. The van der Waals surface area contributed by atoms with Crippen molar-refractivity contribution in [2.75, 3.05) is 52.5 Å². The molecule has 0 rings (SSSR count). The van der Waals surface area contributed by atoms with Crippen LogP contribution in [-0.2, 0) is 14.3 Å². The number of aliphatic hydroxyl groups is 1. The Morgan fingerprint density at radius 3 is 1.28 bits per heavy atom. The summed E-state index contributed by atoms with van der Waals surface area (Å²) in [6.45, 7) is 11.3. The van der Waals surface area contributed by atoms with E-state index in [2.05, 4.69) is 23.6 Å². The number of carbonyl (C=O) groups is 2. The number of aliphatic carboxylic acids is 1. The number of unbranched alkanes of at least 4 members (excludes halogenated alkanes) is 18. The Morgan fingerprint density at radius 2 is 0.860 bits per heavy atom. The topological polar surface area (TPSA) is 90.3 Å². The molecule has 0 aliphatic rings. The standard InChI is InChI=1S/C36H72N2O5/c1-3-5-7-21-29-38(30-22-8-6-4-2)32-34-43-36(42)26-20-16-12-10-14-18-24-28-37(31-33-39)27-23-17-13-9-11-15-19-25-35(40)41/h39H,3-34H2,1-2H3,(H,40,41). The highest BCUT2D eigenvalue weighted by Crippen LogP contribution is 2.12. The molecule has 0 bridgehead atoms. The van der Waals surface area contributed by atoms with Crippen molar-refractivity contribution in [3.8, 4) is 0 Å². The number of hydrogen-bond donors (Lipinski definition) is 2. The highest BCUT2D eigenvalue weighted by Gasteiger charge is 2.08. The highest BCUT2D eigenvalue weighted by atomic mass is 16.5. The predicted octanol–water partition coefficient (Wildman–Crippen LogP) is 8.61. The molecule has 43 heavy (non-hydrogen) atoms. The summed E-state index contributed by atoms with van der Waals surface area (Å²) in [5.74, 6) is -0.719. The van der Waals surface area contributed by atoms with Crippen LogP contribution in [0.2, 0.25) is 0 Å². The lowest BCUT2D eigenvalue weighted by atomic mass is 10.1. The van der Waals surface area contributed by atoms with Gasteiger partial charge in [-0.1, -0.05) is 117 Å². The van der Waals surface area contributed by atoms with Crippen molar-refractivity contribution in [3.05, 3.63) is 0 Å². The van der Waals surface area contributed by atoms with Gasteiger partial charge >= 0.3 is 11.9 Å². The molecule has 0 amide bonds. The van der Waals surface area contributed by atoms with Crippen LogP contribution in [0.4, 0.5) is 0 Å². The van der Waals surface area contributed by atoms with Crippen molar-refractivity contribution in [2.24, 2.45) is 0 Å². The number of ether oxygens (including phenoxy) is 1. The van der Waals surface area contributed by atoms with E-state index in [1.54, 1.807) is 0 Å². The van der Waals surface area contributed by atoms with Gasteiger partial charge in [0.15, 0.2) is 0 Å². The summed E-state index contributed by atoms with van der Waals surface area (Å²) in [7, 11) is 0. The van der Waals surface area contributed by atoms with Crippen molar-refractivity contribution in [1.82, 2.24) is 9.80 Å². The average Bonchev–Trinajstić information content (AvgIpc) is 2.99. The molecule has 2 N–H and O–H groups in total. The van der Waals surface area contributed by atoms with Crippen LogP contribution in [0.1, 0.15) is 168 Å². The number of rotatable bonds is 35. The fourth-order valence-electron chi connectivity index (χ4n) is 5.68. The van der Waals surface area contributed by atoms with Gasteiger partial charge in [0.05, 0.1) is 6.61 Å². The summed E-state index contributed by atoms with van der Waals surface area (Å²) in [6.07, 6.45) is 26.9. The SMILES string of the molecule is CCCCCCN(CCCCCC)CCOC(=O)CCCCCCCCCN(CCO)CCCCCCCCCC(=O)O. The van der Waals surface area contributed by atoms with Gasteiger partial charge in [-0.25, -0.2) is 0 Å². The van der Waals surface area contributed by atoms with Crippen LogP contribution in [0.15, 0.2) is 0 Å². The van der Waals surface area contributed by atoms with E-state index in [1.165, 1.54) is 109 Å². The number of esters is 1. The molecule has 7 heteroatoms. The molecule has 0 fully saturated rings. The summed E-state index contributed by atoms with van der Waals surface area (Å²) in [5, 5.41) is 18.1. The van der Waals surface area contributed by atoms with E-state index < -0.39 is 5.97 Å². The lowest BCUT2D eigenvalue weighted by Gasteiger charge is -2.22. The molecule has 7 nitrogen and oxygen atoms in total. The van der Waals surface area contributed by atoms with E-state index in [9.17, 15) is 14.7 Å². The third-order valence-electron chi connectivity index (χ3n) is 8.46. The second-order valence-electron chi connectivity index (χ2n) is 12.6. The van der Waals surface area contributed by atoms with Gasteiger partial charge in [0.1, 0.15) is 6.61 Å². The summed E-state index contributed by atoms with van der Waals surface area (Å²) in [6, 6.07) is 0. The van der Waals surface area contributed by atoms with E-state index in [1.807, 2.05) is 0 Å². The van der Waals surface area contributed by atoms with Crippen LogP contribution in [0, 0.1) is 0 Å². The molecule has 0 aliphatic heterocycles. The van der Waals surface area contributed by atoms with Crippen molar-refractivity contribution in [3.63, 3.8) is 0 Å². The molecule has 0 atom stereocenters. The molecule has 0 saturated heterocycles. The first-order valence-corrected chi connectivity index (χ1v) is 18.5. The maximum absolute atomic E-state index is 12.2. The summed E-state index contributed by atoms with van der Waals surface area (Å²) < 4.78 is 5.58. The summed E-state index contributed by atoms with van der Waals surface area (Å²) in [4.78, 5) is 27.7. The zero-order chi connectivity index (χ0) is 31.6. The maximum atomic E-state index is 12.2. The van der Waals surface area contributed by atoms with Crippen molar-refractivity contribution >= 4 is 11.9 Å². The third kappa shape index (κ3) is 32.0. The predicted molar refractivity (Wildman–Crippen MR) is 181 cm³/mol. The van der Waals surface area contributed by atoms with E-state index in [0.29, 0.717) is 19.4 Å². The van der Waals surface area contributed by atoms with Crippen LogP contribution < -0.4 is 0 Å². The van der Waals surface area contributed by atoms with Gasteiger partial charge < -0.3 is 19.8 Å². The number of carboxylic acid groups (broad SMARTS) is 1. The van der Waals surface area contributed by atoms with E-state index in [0.717, 1.165) is 71.4 Å². The minimum atomic E-state index is -0.688. The Labute approximate surface area is 266 Å². The summed E-state index contributed by atoms with van der Waals surface area (Å²) >= 11 is 0. The Morgan fingerprint density at radius 1 is 0.488 bits per heavy atom. The fraction of sp³-hybridized carbons (Fsp3) is 0.944. The quantitative estimate of drug-likeness (QED) is 0.0547. The molecule has 0 unspecified atom stereocenters. The lowest BCUT2D eigenvalue weighted by molar-refractivity contribution is -0.144. The minimum absolute atomic E-state index is 0.0309. The summed E-state index contributed by atoms with van der Waals surface area (Å²) in [5.41, 5.74) is 0. The third-order valence-corrected chi connectivity index (χ3v) is 8.46. The van der Waals surface area contributed by atoms with Crippen molar-refractivity contribution < 1.29 is 24.5 Å². The Balaban J connectivity index is 3.75. The van der Waals surface area contributed by atoms with Crippen LogP contribution in [-0.4, -0.2) is 84.4 Å². The van der Waals surface area contributed by atoms with Crippen LogP contribution >= 0.6 is 0 Å². The number of nitrogens with zero attached hydrogens (tertiary/aromatic N) is 2. The average molecular weight is 613 g/mol. The van der Waals surface area contributed by atoms with Gasteiger partial charge in [0.2, 0.25) is 0 Å². The molecule has 0 radical (unpaired) electrons. The van der Waals surface area contributed by atoms with Gasteiger partial charge in [-0.3, -0.25) is 14.5 Å². The molecule has 256 valence electrons. The number of carbonyl (C=O) groups excluding carboxylic acids is 1. The van der Waals surface area contributed by atoms with Crippen LogP contribution in [0.5, 0.6) is 0 Å². The van der Waals surface area contributed by atoms with Crippen molar-refractivity contribution in [2.45, 2.75) is 168 Å². The monoisotopic (exact) mass is 613 g/mol. The fourth-order valence-corrected chi connectivity index (χ4v) is 5.68. The van der Waals surface area contributed by atoms with Crippen LogP contribution in [0.3, 0.4) is 0 Å². The number of carboxylic acids is 1. The maximum Gasteiger partial charge on any atom is 0.305 e. The Hall–Kier alpha value is -1.18. The highest BCUT2D eigenvalue weighted by molar-refractivity contribution is 5.69. The number of aliphatic hydroxyl groups excluding tert-OH is 1. The first-order chi connectivity index (χ1) is 21.0. The zero-order valence-electron chi connectivity index (χ0n) is 28.6. The molecule has 0 aromatic rings. The Bertz CT molecular complexity index is 592. The molecule has 0 aliphatic carbocycles. The first-order valence-electron chi connectivity index (χ1n) is 18.5. The second kappa shape index (κ2) is 33.7. The normalized spacial score (nSPS) is 11.6. The number of hydrogen-bond acceptors (Lipinski definition) is 6. The molecular weight excluding hydrogens is 540 g/mol. The minimum Gasteiger partial charge on any atom is -0.481 e. The van der Waals surface area contributed by atoms with Gasteiger partial charge in [-0.15, -0.1) is 0 Å². The Kier molecular flexibility index (Phi) is 32.8. The molecule has 0 heterocycles. The zero-order valence-corrected chi connectivity index (χ0v) is 28.6. The molecule has 0 aromatic heterocycles. The largest absolute Gasteiger partial charge is 0.481 e. The van der Waals surface area contributed by atoms with Gasteiger partial charge in [0, 0.05) is 25.9 Å². The van der Waals surface area contributed by atoms with Gasteiger partial charge in [-0.05, 0) is 64.7 Å². The van der Waals surface area contributed by atoms with E-state index >= 15 is 0 Å². The van der Waals surface area contributed by atoms with Crippen LogP contribution in [0.25, 0.3) is 0 Å². The van der Waals surface area contributed by atoms with E-state index in [-0.39, 0.29) is 12.6 Å². The molecule has 0 spiro atoms. The van der Waals surface area contributed by atoms with Gasteiger partial charge in [-0.2, -0.15) is 0 Å². The second-order valence-corrected chi connectivity index (χ2v) is 12.6. The smallest absolute Gasteiger partial charge is 0.305 e. The first kappa shape index (κ1) is 41.8.